The van der Waals surface area contributed by atoms with E-state index in [1.165, 1.54) is 44.6 Å². The highest BCUT2D eigenvalue weighted by atomic mass is 35.5. The summed E-state index contributed by atoms with van der Waals surface area (Å²) in [7, 11) is 2.73. The van der Waals surface area contributed by atoms with Crippen LogP contribution in [0.5, 0.6) is 28.7 Å². The lowest BCUT2D eigenvalue weighted by atomic mass is 9.69. The minimum Gasteiger partial charge on any atom is -0.507 e. The number of halogens is 1. The van der Waals surface area contributed by atoms with Crippen molar-refractivity contribution in [2.45, 2.75) is 31.3 Å². The molecule has 0 aromatic heterocycles. The predicted octanol–water partition coefficient (Wildman–Crippen LogP) is 3.85. The van der Waals surface area contributed by atoms with E-state index in [1.807, 2.05) is 0 Å². The Bertz CT molecular complexity index is 1980. The number of aliphatic hydroxyl groups excluding tert-OH is 1. The number of carbonyl (C=O) groups excluding carboxylic acids is 5. The first-order valence-corrected chi connectivity index (χ1v) is 15.8. The molecule has 0 saturated heterocycles. The van der Waals surface area contributed by atoms with Crippen molar-refractivity contribution >= 4 is 46.6 Å². The van der Waals surface area contributed by atoms with E-state index < -0.39 is 65.4 Å². The number of allylic oxidation sites excluding steroid dienone is 1. The quantitative estimate of drug-likeness (QED) is 0.239. The molecule has 14 nitrogen and oxygen atoms in total. The van der Waals surface area contributed by atoms with Crippen LogP contribution in [0, 0.1) is 5.92 Å². The second-order valence-corrected chi connectivity index (χ2v) is 12.3. The Hall–Kier alpha value is -5.76. The summed E-state index contributed by atoms with van der Waals surface area (Å²) >= 11 is 6.57. The van der Waals surface area contributed by atoms with E-state index in [4.69, 9.17) is 41.0 Å². The SMILES string of the molecule is COc1cc(OC)c2c(c1Cl)O[C@]1(C2=O)C(O)=C(C(CC(=O)NCC(=O)Nc2ccc(C(N)=O)cc2)c2ccc3c(c2)OCO3)C(=O)C[C@H]1C. The molecular formula is C35H32ClN3O11. The Morgan fingerprint density at radius 1 is 1.02 bits per heavy atom. The van der Waals surface area contributed by atoms with Gasteiger partial charge in [-0.1, -0.05) is 24.6 Å². The van der Waals surface area contributed by atoms with E-state index in [-0.39, 0.29) is 52.2 Å². The van der Waals surface area contributed by atoms with Gasteiger partial charge in [0.05, 0.1) is 20.8 Å². The predicted molar refractivity (Wildman–Crippen MR) is 177 cm³/mol. The molecule has 5 N–H and O–H groups in total. The number of hydrogen-bond donors (Lipinski definition) is 4. The van der Waals surface area contributed by atoms with Crippen molar-refractivity contribution in [1.29, 1.82) is 0 Å². The van der Waals surface area contributed by atoms with Crippen LogP contribution in [-0.2, 0) is 14.4 Å². The number of primary amides is 1. The number of benzene rings is 3. The zero-order chi connectivity index (χ0) is 35.9. The van der Waals surface area contributed by atoms with Crippen molar-refractivity contribution in [1.82, 2.24) is 5.32 Å². The molecule has 50 heavy (non-hydrogen) atoms. The second kappa shape index (κ2) is 13.3. The lowest BCUT2D eigenvalue weighted by Crippen LogP contribution is -2.53. The first-order valence-electron chi connectivity index (χ1n) is 15.4. The van der Waals surface area contributed by atoms with E-state index in [1.54, 1.807) is 25.1 Å². The summed E-state index contributed by atoms with van der Waals surface area (Å²) in [4.78, 5) is 65.6. The summed E-state index contributed by atoms with van der Waals surface area (Å²) in [5.74, 6) is -4.73. The molecule has 3 aromatic rings. The number of carbonyl (C=O) groups is 5. The molecule has 3 atom stereocenters. The molecular weight excluding hydrogens is 674 g/mol. The number of aliphatic hydroxyl groups is 1. The van der Waals surface area contributed by atoms with Gasteiger partial charge in [0.15, 0.2) is 28.8 Å². The Kier molecular flexibility index (Phi) is 9.06. The molecule has 1 unspecified atom stereocenters. The number of methoxy groups -OCH3 is 2. The van der Waals surface area contributed by atoms with E-state index in [0.717, 1.165) is 0 Å². The number of nitrogens with one attached hydrogen (secondary N) is 2. The molecule has 15 heteroatoms. The third-order valence-corrected chi connectivity index (χ3v) is 9.31. The number of Topliss-reactive ketones (excluding diaryl/α,β-unsaturated/α-hetero) is 2. The number of hydrogen-bond acceptors (Lipinski definition) is 11. The molecule has 3 aromatic carbocycles. The summed E-state index contributed by atoms with van der Waals surface area (Å²) in [6, 6.07) is 12.1. The lowest BCUT2D eigenvalue weighted by molar-refractivity contribution is -0.124. The van der Waals surface area contributed by atoms with Gasteiger partial charge in [0, 0.05) is 47.6 Å². The van der Waals surface area contributed by atoms with Crippen molar-refractivity contribution in [3.63, 3.8) is 0 Å². The number of fused-ring (bicyclic) bond motifs is 2. The van der Waals surface area contributed by atoms with Gasteiger partial charge in [0.2, 0.25) is 35.9 Å². The van der Waals surface area contributed by atoms with Crippen molar-refractivity contribution in [3.8, 4) is 28.7 Å². The molecule has 1 aliphatic carbocycles. The van der Waals surface area contributed by atoms with Gasteiger partial charge in [-0.05, 0) is 42.0 Å². The van der Waals surface area contributed by atoms with Crippen LogP contribution in [0.3, 0.4) is 0 Å². The largest absolute Gasteiger partial charge is 0.507 e. The topological polar surface area (TPSA) is 202 Å². The summed E-state index contributed by atoms with van der Waals surface area (Å²) in [5.41, 5.74) is 3.94. The van der Waals surface area contributed by atoms with Crippen molar-refractivity contribution in [3.05, 3.63) is 81.6 Å². The van der Waals surface area contributed by atoms with Gasteiger partial charge in [-0.2, -0.15) is 0 Å². The van der Waals surface area contributed by atoms with Gasteiger partial charge in [-0.3, -0.25) is 24.0 Å². The van der Waals surface area contributed by atoms with Gasteiger partial charge in [-0.15, -0.1) is 0 Å². The lowest BCUT2D eigenvalue weighted by Gasteiger charge is -2.38. The minimum atomic E-state index is -2.08. The summed E-state index contributed by atoms with van der Waals surface area (Å²) in [6.45, 7) is 1.11. The van der Waals surface area contributed by atoms with Crippen molar-refractivity contribution in [2.24, 2.45) is 11.7 Å². The fourth-order valence-electron chi connectivity index (χ4n) is 6.41. The standard InChI is InChI=1S/C35H32ClN3O11/c1-16-10-21(40)28(32(43)35(16)33(44)29-24(46-2)13-25(47-3)30(36)31(29)50-35)20(18-6-9-22-23(11-18)49-15-48-22)12-26(41)38-14-27(42)39-19-7-4-17(5-8-19)34(37)45/h4-9,11,13,16,20,43H,10,12,14-15H2,1-3H3,(H2,37,45)(H,38,41)(H,39,42)/t16-,20?,35+/m1/s1. The van der Waals surface area contributed by atoms with Crippen LogP contribution in [-0.4, -0.2) is 67.6 Å². The Balaban J connectivity index is 1.34. The normalized spacial score (nSPS) is 19.5. The average molecular weight is 706 g/mol. The third-order valence-electron chi connectivity index (χ3n) is 8.95. The van der Waals surface area contributed by atoms with Gasteiger partial charge >= 0.3 is 0 Å². The maximum atomic E-state index is 14.3. The number of ether oxygens (including phenoxy) is 5. The van der Waals surface area contributed by atoms with Crippen LogP contribution in [0.2, 0.25) is 5.02 Å². The van der Waals surface area contributed by atoms with Crippen LogP contribution in [0.15, 0.2) is 59.9 Å². The second-order valence-electron chi connectivity index (χ2n) is 11.9. The van der Waals surface area contributed by atoms with E-state index in [2.05, 4.69) is 10.6 Å². The highest BCUT2D eigenvalue weighted by Crippen LogP contribution is 2.56. The molecule has 3 amide bonds. The van der Waals surface area contributed by atoms with Gasteiger partial charge < -0.3 is 45.2 Å². The third kappa shape index (κ3) is 5.81. The van der Waals surface area contributed by atoms with E-state index in [0.29, 0.717) is 22.7 Å². The van der Waals surface area contributed by atoms with E-state index in [9.17, 15) is 29.1 Å². The van der Waals surface area contributed by atoms with Gasteiger partial charge in [0.1, 0.15) is 22.1 Å². The molecule has 0 bridgehead atoms. The minimum absolute atomic E-state index is 0.0271. The number of rotatable bonds is 10. The van der Waals surface area contributed by atoms with Crippen LogP contribution >= 0.6 is 11.6 Å². The molecule has 6 rings (SSSR count). The van der Waals surface area contributed by atoms with Crippen LogP contribution in [0.1, 0.15) is 52.0 Å². The fraction of sp³-hybridized carbons (Fsp3) is 0.286. The number of nitrogens with two attached hydrogens (primary N) is 1. The number of ketones is 2. The first kappa shape index (κ1) is 34.1. The first-order chi connectivity index (χ1) is 23.9. The fourth-order valence-corrected chi connectivity index (χ4v) is 6.68. The molecule has 260 valence electrons. The van der Waals surface area contributed by atoms with Crippen LogP contribution < -0.4 is 40.1 Å². The van der Waals surface area contributed by atoms with Gasteiger partial charge in [-0.25, -0.2) is 0 Å². The molecule has 1 spiro atoms. The molecule has 0 saturated carbocycles. The van der Waals surface area contributed by atoms with Gasteiger partial charge in [0.25, 0.3) is 0 Å². The smallest absolute Gasteiger partial charge is 0.248 e. The van der Waals surface area contributed by atoms with Crippen molar-refractivity contribution < 1.29 is 52.8 Å². The summed E-state index contributed by atoms with van der Waals surface area (Å²) in [6.07, 6.45) is -0.648. The summed E-state index contributed by atoms with van der Waals surface area (Å²) in [5, 5.41) is 17.2. The Labute approximate surface area is 290 Å². The maximum absolute atomic E-state index is 14.3. The Morgan fingerprint density at radius 2 is 1.72 bits per heavy atom. The monoisotopic (exact) mass is 705 g/mol. The number of amides is 3. The highest BCUT2D eigenvalue weighted by molar-refractivity contribution is 6.35. The molecule has 3 aliphatic rings. The van der Waals surface area contributed by atoms with Crippen molar-refractivity contribution in [2.75, 3.05) is 32.9 Å². The number of anilines is 1. The average Bonchev–Trinajstić information content (AvgIpc) is 3.69. The Morgan fingerprint density at radius 3 is 2.40 bits per heavy atom. The molecule has 2 aliphatic heterocycles. The van der Waals surface area contributed by atoms with Crippen LogP contribution in [0.4, 0.5) is 5.69 Å². The summed E-state index contributed by atoms with van der Waals surface area (Å²) < 4.78 is 28.0. The van der Waals surface area contributed by atoms with E-state index >= 15 is 0 Å². The zero-order valence-electron chi connectivity index (χ0n) is 27.1. The highest BCUT2D eigenvalue weighted by Gasteiger charge is 2.61. The molecule has 0 radical (unpaired) electrons. The maximum Gasteiger partial charge on any atom is 0.248 e. The molecule has 0 fully saturated rings. The zero-order valence-corrected chi connectivity index (χ0v) is 27.8. The molecule has 2 heterocycles. The van der Waals surface area contributed by atoms with Crippen LogP contribution in [0.25, 0.3) is 0 Å².